The van der Waals surface area contributed by atoms with Gasteiger partial charge in [0.25, 0.3) is 0 Å². The van der Waals surface area contributed by atoms with Gasteiger partial charge in [-0.3, -0.25) is 4.79 Å². The lowest BCUT2D eigenvalue weighted by Gasteiger charge is -2.09. The van der Waals surface area contributed by atoms with E-state index in [1.807, 2.05) is 30.3 Å². The topological polar surface area (TPSA) is 55.4 Å². The summed E-state index contributed by atoms with van der Waals surface area (Å²) in [6, 6.07) is 16.9. The van der Waals surface area contributed by atoms with Crippen molar-refractivity contribution >= 4 is 17.6 Å². The van der Waals surface area contributed by atoms with Crippen LogP contribution in [-0.2, 0) is 9.53 Å². The van der Waals surface area contributed by atoms with Gasteiger partial charge in [-0.15, -0.1) is 0 Å². The third-order valence-corrected chi connectivity index (χ3v) is 3.95. The van der Waals surface area contributed by atoms with Gasteiger partial charge in [0.05, 0.1) is 18.4 Å². The molecular formula is C18H17NO3. The van der Waals surface area contributed by atoms with Crippen LogP contribution in [0.25, 0.3) is 0 Å². The zero-order valence-electron chi connectivity index (χ0n) is 12.3. The van der Waals surface area contributed by atoms with Gasteiger partial charge in [-0.05, 0) is 30.0 Å². The number of nitrogens with one attached hydrogen (secondary N) is 1. The number of esters is 1. The third kappa shape index (κ3) is 2.86. The second-order valence-corrected chi connectivity index (χ2v) is 5.39. The van der Waals surface area contributed by atoms with Gasteiger partial charge in [-0.1, -0.05) is 42.5 Å². The molecule has 2 aromatic carbocycles. The molecule has 0 radical (unpaired) electrons. The van der Waals surface area contributed by atoms with Crippen molar-refractivity contribution in [2.45, 2.75) is 12.3 Å². The maximum absolute atomic E-state index is 12.4. The van der Waals surface area contributed by atoms with E-state index in [0.717, 1.165) is 6.42 Å². The van der Waals surface area contributed by atoms with E-state index in [0.29, 0.717) is 11.3 Å². The van der Waals surface area contributed by atoms with E-state index in [2.05, 4.69) is 5.32 Å². The van der Waals surface area contributed by atoms with E-state index >= 15 is 0 Å². The molecule has 3 rings (SSSR count). The molecule has 1 N–H and O–H groups in total. The number of ether oxygens (including phenoxy) is 1. The van der Waals surface area contributed by atoms with Crippen LogP contribution in [-0.4, -0.2) is 19.0 Å². The molecule has 0 aromatic heterocycles. The largest absolute Gasteiger partial charge is 0.465 e. The van der Waals surface area contributed by atoms with Crippen molar-refractivity contribution in [2.24, 2.45) is 5.92 Å². The standard InChI is InChI=1S/C18H17NO3/c1-22-18(21)13-9-5-6-10-16(13)19-17(20)15-11-14(15)12-7-3-2-4-8-12/h2-10,14-15H,11H2,1H3,(H,19,20)/t14-,15+/m1/s1. The number of carbonyl (C=O) groups excluding carboxylic acids is 2. The number of hydrogen-bond donors (Lipinski definition) is 1. The maximum Gasteiger partial charge on any atom is 0.339 e. The zero-order valence-corrected chi connectivity index (χ0v) is 12.3. The fourth-order valence-electron chi connectivity index (χ4n) is 2.66. The molecule has 1 fully saturated rings. The Hall–Kier alpha value is -2.62. The van der Waals surface area contributed by atoms with Crippen LogP contribution in [0.4, 0.5) is 5.69 Å². The molecular weight excluding hydrogens is 278 g/mol. The van der Waals surface area contributed by atoms with Gasteiger partial charge in [0.2, 0.25) is 5.91 Å². The first-order valence-electron chi connectivity index (χ1n) is 7.24. The number of methoxy groups -OCH3 is 1. The van der Waals surface area contributed by atoms with Gasteiger partial charge in [0.15, 0.2) is 0 Å². The van der Waals surface area contributed by atoms with Crippen molar-refractivity contribution in [3.63, 3.8) is 0 Å². The summed E-state index contributed by atoms with van der Waals surface area (Å²) in [6.45, 7) is 0. The molecule has 4 heteroatoms. The molecule has 2 aromatic rings. The first-order valence-corrected chi connectivity index (χ1v) is 7.24. The lowest BCUT2D eigenvalue weighted by molar-refractivity contribution is -0.117. The molecule has 1 saturated carbocycles. The van der Waals surface area contributed by atoms with Gasteiger partial charge in [0.1, 0.15) is 0 Å². The van der Waals surface area contributed by atoms with E-state index in [1.54, 1.807) is 24.3 Å². The highest BCUT2D eigenvalue weighted by Gasteiger charge is 2.44. The van der Waals surface area contributed by atoms with Crippen LogP contribution in [0, 0.1) is 5.92 Å². The second-order valence-electron chi connectivity index (χ2n) is 5.39. The predicted octanol–water partition coefficient (Wildman–Crippen LogP) is 3.22. The summed E-state index contributed by atoms with van der Waals surface area (Å²) in [6.07, 6.45) is 0.843. The van der Waals surface area contributed by atoms with Crippen LogP contribution in [0.3, 0.4) is 0 Å². The summed E-state index contributed by atoms with van der Waals surface area (Å²) in [4.78, 5) is 24.1. The Bertz CT molecular complexity index is 696. The van der Waals surface area contributed by atoms with Crippen LogP contribution < -0.4 is 5.32 Å². The minimum atomic E-state index is -0.452. The van der Waals surface area contributed by atoms with Crippen molar-refractivity contribution in [3.8, 4) is 0 Å². The maximum atomic E-state index is 12.4. The fraction of sp³-hybridized carbons (Fsp3) is 0.222. The molecule has 1 aliphatic carbocycles. The molecule has 0 bridgehead atoms. The molecule has 0 unspecified atom stereocenters. The lowest BCUT2D eigenvalue weighted by atomic mass is 10.1. The Kier molecular flexibility index (Phi) is 3.92. The van der Waals surface area contributed by atoms with Crippen molar-refractivity contribution < 1.29 is 14.3 Å². The molecule has 4 nitrogen and oxygen atoms in total. The number of anilines is 1. The Morgan fingerprint density at radius 2 is 1.73 bits per heavy atom. The van der Waals surface area contributed by atoms with Gasteiger partial charge in [-0.25, -0.2) is 4.79 Å². The Labute approximate surface area is 129 Å². The third-order valence-electron chi connectivity index (χ3n) is 3.95. The van der Waals surface area contributed by atoms with E-state index in [1.165, 1.54) is 12.7 Å². The highest BCUT2D eigenvalue weighted by atomic mass is 16.5. The Morgan fingerprint density at radius 3 is 2.45 bits per heavy atom. The highest BCUT2D eigenvalue weighted by molar-refractivity contribution is 6.02. The van der Waals surface area contributed by atoms with E-state index in [4.69, 9.17) is 4.74 Å². The summed E-state index contributed by atoms with van der Waals surface area (Å²) in [5, 5.41) is 2.85. The van der Waals surface area contributed by atoms with Gasteiger partial charge in [0, 0.05) is 5.92 Å². The van der Waals surface area contributed by atoms with Crippen LogP contribution in [0.5, 0.6) is 0 Å². The number of rotatable bonds is 4. The zero-order chi connectivity index (χ0) is 15.5. The SMILES string of the molecule is COC(=O)c1ccccc1NC(=O)[C@H]1C[C@@H]1c1ccccc1. The van der Waals surface area contributed by atoms with Crippen molar-refractivity contribution in [1.29, 1.82) is 0 Å². The molecule has 0 heterocycles. The highest BCUT2D eigenvalue weighted by Crippen LogP contribution is 2.47. The minimum absolute atomic E-state index is 0.0342. The van der Waals surface area contributed by atoms with Gasteiger partial charge < -0.3 is 10.1 Å². The Balaban J connectivity index is 1.70. The summed E-state index contributed by atoms with van der Waals surface area (Å²) >= 11 is 0. The minimum Gasteiger partial charge on any atom is -0.465 e. The van der Waals surface area contributed by atoms with Crippen LogP contribution in [0.1, 0.15) is 28.3 Å². The normalized spacial score (nSPS) is 19.3. The van der Waals surface area contributed by atoms with Crippen LogP contribution >= 0.6 is 0 Å². The smallest absolute Gasteiger partial charge is 0.339 e. The molecule has 0 aliphatic heterocycles. The summed E-state index contributed by atoms with van der Waals surface area (Å²) in [5.74, 6) is -0.267. The molecule has 22 heavy (non-hydrogen) atoms. The number of amides is 1. The summed E-state index contributed by atoms with van der Waals surface area (Å²) in [5.41, 5.74) is 2.05. The summed E-state index contributed by atoms with van der Waals surface area (Å²) < 4.78 is 4.73. The first-order chi connectivity index (χ1) is 10.7. The number of benzene rings is 2. The second kappa shape index (κ2) is 6.02. The molecule has 0 saturated heterocycles. The van der Waals surface area contributed by atoms with Crippen LogP contribution in [0.2, 0.25) is 0 Å². The molecule has 1 aliphatic rings. The lowest BCUT2D eigenvalue weighted by Crippen LogP contribution is -2.17. The van der Waals surface area contributed by atoms with Crippen molar-refractivity contribution in [3.05, 3.63) is 65.7 Å². The molecule has 2 atom stereocenters. The number of hydrogen-bond acceptors (Lipinski definition) is 3. The Morgan fingerprint density at radius 1 is 1.05 bits per heavy atom. The average molecular weight is 295 g/mol. The van der Waals surface area contributed by atoms with Gasteiger partial charge in [-0.2, -0.15) is 0 Å². The van der Waals surface area contributed by atoms with Crippen LogP contribution in [0.15, 0.2) is 54.6 Å². The molecule has 1 amide bonds. The first kappa shape index (κ1) is 14.3. The molecule has 0 spiro atoms. The molecule has 112 valence electrons. The van der Waals surface area contributed by atoms with Crippen molar-refractivity contribution in [2.75, 3.05) is 12.4 Å². The quantitative estimate of drug-likeness (QED) is 0.881. The van der Waals surface area contributed by atoms with Gasteiger partial charge >= 0.3 is 5.97 Å². The average Bonchev–Trinajstić information content (AvgIpc) is 3.36. The fourth-order valence-corrected chi connectivity index (χ4v) is 2.66. The number of carbonyl (C=O) groups is 2. The van der Waals surface area contributed by atoms with E-state index < -0.39 is 5.97 Å². The van der Waals surface area contributed by atoms with E-state index in [9.17, 15) is 9.59 Å². The predicted molar refractivity (Wildman–Crippen MR) is 83.7 cm³/mol. The van der Waals surface area contributed by atoms with Crippen molar-refractivity contribution in [1.82, 2.24) is 0 Å². The summed E-state index contributed by atoms with van der Waals surface area (Å²) in [7, 11) is 1.33. The van der Waals surface area contributed by atoms with E-state index in [-0.39, 0.29) is 17.7 Å². The monoisotopic (exact) mass is 295 g/mol. The number of para-hydroxylation sites is 1.